The summed E-state index contributed by atoms with van der Waals surface area (Å²) in [6.45, 7) is 1.80. The third kappa shape index (κ3) is 5.59. The van der Waals surface area contributed by atoms with Crippen LogP contribution >= 0.6 is 0 Å². The van der Waals surface area contributed by atoms with Crippen molar-refractivity contribution >= 4 is 5.91 Å². The largest absolute Gasteiger partial charge is 0.482 e. The number of carbonyl (C=O) groups is 1. The maximum Gasteiger partial charge on any atom is 0.422 e. The molecule has 140 valence electrons. The van der Waals surface area contributed by atoms with Crippen LogP contribution in [0.1, 0.15) is 61.5 Å². The molecule has 1 aromatic heterocycles. The van der Waals surface area contributed by atoms with Crippen molar-refractivity contribution < 1.29 is 27.8 Å². The van der Waals surface area contributed by atoms with Gasteiger partial charge in [0.25, 0.3) is 5.91 Å². The molecular weight excluding hydrogens is 337 g/mol. The van der Waals surface area contributed by atoms with Crippen LogP contribution in [-0.4, -0.2) is 40.9 Å². The Labute approximate surface area is 144 Å². The lowest BCUT2D eigenvalue weighted by Crippen LogP contribution is -2.49. The zero-order valence-corrected chi connectivity index (χ0v) is 14.3. The Kier molecular flexibility index (Phi) is 5.92. The summed E-state index contributed by atoms with van der Waals surface area (Å²) in [6.07, 6.45) is 0.140. The van der Waals surface area contributed by atoms with Crippen molar-refractivity contribution in [2.45, 2.75) is 57.2 Å². The number of hydrogen-bond donors (Lipinski definition) is 2. The molecule has 1 heterocycles. The molecule has 1 saturated carbocycles. The van der Waals surface area contributed by atoms with Crippen LogP contribution in [-0.2, 0) is 0 Å². The molecule has 1 aliphatic carbocycles. The van der Waals surface area contributed by atoms with Crippen molar-refractivity contribution in [2.24, 2.45) is 0 Å². The Morgan fingerprint density at radius 3 is 2.64 bits per heavy atom. The number of amides is 1. The highest BCUT2D eigenvalue weighted by atomic mass is 19.4. The van der Waals surface area contributed by atoms with E-state index >= 15 is 0 Å². The summed E-state index contributed by atoms with van der Waals surface area (Å²) in [5.74, 6) is -0.582. The molecular formula is C17H23F3N2O3. The molecule has 1 atom stereocenters. The van der Waals surface area contributed by atoms with E-state index in [-0.39, 0.29) is 24.0 Å². The first kappa shape index (κ1) is 19.5. The van der Waals surface area contributed by atoms with Gasteiger partial charge < -0.3 is 15.2 Å². The van der Waals surface area contributed by atoms with Crippen LogP contribution < -0.4 is 10.1 Å². The summed E-state index contributed by atoms with van der Waals surface area (Å²) in [4.78, 5) is 16.5. The molecule has 25 heavy (non-hydrogen) atoms. The van der Waals surface area contributed by atoms with Crippen molar-refractivity contribution in [3.8, 4) is 5.75 Å². The summed E-state index contributed by atoms with van der Waals surface area (Å²) < 4.78 is 42.3. The van der Waals surface area contributed by atoms with E-state index in [1.165, 1.54) is 12.3 Å². The number of halogens is 3. The van der Waals surface area contributed by atoms with E-state index in [2.05, 4.69) is 10.3 Å². The molecule has 0 bridgehead atoms. The molecule has 0 aromatic carbocycles. The highest BCUT2D eigenvalue weighted by Crippen LogP contribution is 2.41. The van der Waals surface area contributed by atoms with E-state index in [9.17, 15) is 23.1 Å². The standard InChI is InChI=1S/C17H23F3N2O3/c1-3-6-16(2,9-23)22-15(24)14-13(25-10-17(18,19)20)7-12(8-21-14)11-4-5-11/h7-8,11,23H,3-6,9-10H2,1-2H3,(H,22,24)/t16-/m0/s1. The maximum atomic E-state index is 12.5. The number of alkyl halides is 3. The van der Waals surface area contributed by atoms with Gasteiger partial charge in [0, 0.05) is 6.20 Å². The number of nitrogens with one attached hydrogen (secondary N) is 1. The minimum Gasteiger partial charge on any atom is -0.482 e. The molecule has 1 amide bonds. The van der Waals surface area contributed by atoms with Crippen LogP contribution in [0.25, 0.3) is 0 Å². The summed E-state index contributed by atoms with van der Waals surface area (Å²) in [5, 5.41) is 12.2. The Bertz CT molecular complexity index is 618. The minimum absolute atomic E-state index is 0.184. The Morgan fingerprint density at radius 2 is 2.12 bits per heavy atom. The van der Waals surface area contributed by atoms with Crippen molar-refractivity contribution in [3.63, 3.8) is 0 Å². The second-order valence-electron chi connectivity index (χ2n) is 6.72. The SMILES string of the molecule is CCC[C@@](C)(CO)NC(=O)c1ncc(C2CC2)cc1OCC(F)(F)F. The quantitative estimate of drug-likeness (QED) is 0.747. The molecule has 0 spiro atoms. The number of aliphatic hydroxyl groups is 1. The first-order valence-corrected chi connectivity index (χ1v) is 8.30. The van der Waals surface area contributed by atoms with Gasteiger partial charge in [-0.3, -0.25) is 4.79 Å². The van der Waals surface area contributed by atoms with Gasteiger partial charge in [0.1, 0.15) is 0 Å². The van der Waals surface area contributed by atoms with Crippen molar-refractivity contribution in [1.82, 2.24) is 10.3 Å². The van der Waals surface area contributed by atoms with Gasteiger partial charge in [-0.15, -0.1) is 0 Å². The van der Waals surface area contributed by atoms with Crippen LogP contribution in [0.4, 0.5) is 13.2 Å². The summed E-state index contributed by atoms with van der Waals surface area (Å²) in [6, 6.07) is 1.46. The minimum atomic E-state index is -4.51. The fourth-order valence-electron chi connectivity index (χ4n) is 2.61. The van der Waals surface area contributed by atoms with Crippen LogP contribution in [0.5, 0.6) is 5.75 Å². The third-order valence-electron chi connectivity index (χ3n) is 4.10. The lowest BCUT2D eigenvalue weighted by molar-refractivity contribution is -0.153. The third-order valence-corrected chi connectivity index (χ3v) is 4.10. The number of rotatable bonds is 8. The molecule has 0 aliphatic heterocycles. The molecule has 1 fully saturated rings. The number of hydrogen-bond acceptors (Lipinski definition) is 4. The number of aliphatic hydroxyl groups excluding tert-OH is 1. The van der Waals surface area contributed by atoms with Crippen LogP contribution in [0.3, 0.4) is 0 Å². The van der Waals surface area contributed by atoms with Gasteiger partial charge in [0.05, 0.1) is 12.1 Å². The smallest absolute Gasteiger partial charge is 0.422 e. The molecule has 0 radical (unpaired) electrons. The second kappa shape index (κ2) is 7.59. The maximum absolute atomic E-state index is 12.5. The van der Waals surface area contributed by atoms with E-state index in [0.29, 0.717) is 6.42 Å². The van der Waals surface area contributed by atoms with E-state index < -0.39 is 24.2 Å². The van der Waals surface area contributed by atoms with E-state index in [4.69, 9.17) is 4.74 Å². The van der Waals surface area contributed by atoms with E-state index in [0.717, 1.165) is 24.8 Å². The van der Waals surface area contributed by atoms with Gasteiger partial charge in [0.2, 0.25) is 0 Å². The van der Waals surface area contributed by atoms with Gasteiger partial charge in [-0.05, 0) is 43.7 Å². The highest BCUT2D eigenvalue weighted by molar-refractivity contribution is 5.95. The number of nitrogens with zero attached hydrogens (tertiary/aromatic N) is 1. The Morgan fingerprint density at radius 1 is 1.44 bits per heavy atom. The summed E-state index contributed by atoms with van der Waals surface area (Å²) in [7, 11) is 0. The zero-order valence-electron chi connectivity index (χ0n) is 14.3. The van der Waals surface area contributed by atoms with E-state index in [1.54, 1.807) is 6.92 Å². The van der Waals surface area contributed by atoms with E-state index in [1.807, 2.05) is 6.92 Å². The molecule has 5 nitrogen and oxygen atoms in total. The number of pyridine rings is 1. The fourth-order valence-corrected chi connectivity index (χ4v) is 2.61. The summed E-state index contributed by atoms with van der Waals surface area (Å²) >= 11 is 0. The molecule has 1 aromatic rings. The monoisotopic (exact) mass is 360 g/mol. The Balaban J connectivity index is 2.23. The molecule has 8 heteroatoms. The average molecular weight is 360 g/mol. The predicted octanol–water partition coefficient (Wildman–Crippen LogP) is 3.18. The van der Waals surface area contributed by atoms with Crippen LogP contribution in [0.15, 0.2) is 12.3 Å². The fraction of sp³-hybridized carbons (Fsp3) is 0.647. The molecule has 2 N–H and O–H groups in total. The van der Waals surface area contributed by atoms with Gasteiger partial charge in [0.15, 0.2) is 18.1 Å². The van der Waals surface area contributed by atoms with Crippen molar-refractivity contribution in [3.05, 3.63) is 23.5 Å². The number of ether oxygens (including phenoxy) is 1. The molecule has 0 saturated heterocycles. The normalized spacial score (nSPS) is 17.0. The van der Waals surface area contributed by atoms with Crippen LogP contribution in [0, 0.1) is 0 Å². The summed E-state index contributed by atoms with van der Waals surface area (Å²) in [5.41, 5.74) is -0.305. The lowest BCUT2D eigenvalue weighted by atomic mass is 9.97. The molecule has 0 unspecified atom stereocenters. The average Bonchev–Trinajstić information content (AvgIpc) is 3.37. The Hall–Kier alpha value is -1.83. The topological polar surface area (TPSA) is 71.5 Å². The molecule has 2 rings (SSSR count). The lowest BCUT2D eigenvalue weighted by Gasteiger charge is -2.28. The predicted molar refractivity (Wildman–Crippen MR) is 85.6 cm³/mol. The number of carbonyl (C=O) groups excluding carboxylic acids is 1. The highest BCUT2D eigenvalue weighted by Gasteiger charge is 2.32. The van der Waals surface area contributed by atoms with Crippen LogP contribution in [0.2, 0.25) is 0 Å². The zero-order chi connectivity index (χ0) is 18.7. The molecule has 1 aliphatic rings. The van der Waals surface area contributed by atoms with Gasteiger partial charge in [-0.1, -0.05) is 13.3 Å². The van der Waals surface area contributed by atoms with Crippen molar-refractivity contribution in [2.75, 3.05) is 13.2 Å². The number of aromatic nitrogens is 1. The van der Waals surface area contributed by atoms with Gasteiger partial charge in [-0.2, -0.15) is 13.2 Å². The van der Waals surface area contributed by atoms with Gasteiger partial charge in [-0.25, -0.2) is 4.98 Å². The first-order chi connectivity index (χ1) is 11.7. The van der Waals surface area contributed by atoms with Gasteiger partial charge >= 0.3 is 6.18 Å². The first-order valence-electron chi connectivity index (χ1n) is 8.30. The second-order valence-corrected chi connectivity index (χ2v) is 6.72. The van der Waals surface area contributed by atoms with Crippen molar-refractivity contribution in [1.29, 1.82) is 0 Å².